The number of carbonyl (C=O) groups excluding carboxylic acids is 1. The van der Waals surface area contributed by atoms with E-state index in [0.717, 1.165) is 12.8 Å². The molecule has 1 amide bonds. The highest BCUT2D eigenvalue weighted by atomic mass is 19.4. The fourth-order valence-corrected chi connectivity index (χ4v) is 2.25. The van der Waals surface area contributed by atoms with Crippen LogP contribution >= 0.6 is 0 Å². The number of amides is 1. The molecule has 1 aliphatic carbocycles. The normalized spacial score (nSPS) is 16.3. The van der Waals surface area contributed by atoms with Crippen molar-refractivity contribution in [1.82, 2.24) is 15.5 Å². The van der Waals surface area contributed by atoms with Crippen molar-refractivity contribution in [2.75, 3.05) is 13.2 Å². The summed E-state index contributed by atoms with van der Waals surface area (Å²) in [7, 11) is 0. The van der Waals surface area contributed by atoms with Crippen molar-refractivity contribution in [3.8, 4) is 0 Å². The van der Waals surface area contributed by atoms with Crippen LogP contribution in [0, 0.1) is 0 Å². The fourth-order valence-electron chi connectivity index (χ4n) is 2.25. The summed E-state index contributed by atoms with van der Waals surface area (Å²) in [6.45, 7) is 0.888. The number of hydrogen-bond acceptors (Lipinski definition) is 3. The first kappa shape index (κ1) is 15.8. The van der Waals surface area contributed by atoms with E-state index < -0.39 is 17.8 Å². The Morgan fingerprint density at radius 1 is 1.43 bits per heavy atom. The lowest BCUT2D eigenvalue weighted by molar-refractivity contribution is -0.141. The molecule has 1 saturated carbocycles. The molecule has 118 valence electrons. The van der Waals surface area contributed by atoms with E-state index in [1.165, 1.54) is 12.8 Å². The molecule has 8 heteroatoms. The molecule has 0 spiro atoms. The van der Waals surface area contributed by atoms with Gasteiger partial charge >= 0.3 is 6.18 Å². The van der Waals surface area contributed by atoms with E-state index in [1.54, 1.807) is 5.10 Å². The van der Waals surface area contributed by atoms with Crippen molar-refractivity contribution >= 4 is 5.91 Å². The van der Waals surface area contributed by atoms with Crippen LogP contribution in [0.25, 0.3) is 0 Å². The minimum absolute atomic E-state index is 0.265. The monoisotopic (exact) mass is 305 g/mol. The third-order valence-corrected chi connectivity index (χ3v) is 3.38. The molecule has 0 unspecified atom stereocenters. The van der Waals surface area contributed by atoms with Gasteiger partial charge in [-0.05, 0) is 19.3 Å². The number of halogens is 3. The smallest absolute Gasteiger partial charge is 0.378 e. The molecule has 21 heavy (non-hydrogen) atoms. The quantitative estimate of drug-likeness (QED) is 0.794. The second kappa shape index (κ2) is 6.93. The van der Waals surface area contributed by atoms with Gasteiger partial charge < -0.3 is 10.1 Å². The van der Waals surface area contributed by atoms with Crippen LogP contribution in [-0.2, 0) is 10.9 Å². The fraction of sp³-hybridized carbons (Fsp3) is 0.692. The van der Waals surface area contributed by atoms with Crippen LogP contribution in [-0.4, -0.2) is 35.4 Å². The van der Waals surface area contributed by atoms with Crippen LogP contribution in [0.15, 0.2) is 6.07 Å². The zero-order valence-electron chi connectivity index (χ0n) is 11.5. The van der Waals surface area contributed by atoms with Crippen molar-refractivity contribution in [1.29, 1.82) is 0 Å². The zero-order chi connectivity index (χ0) is 15.3. The van der Waals surface area contributed by atoms with E-state index in [4.69, 9.17) is 4.74 Å². The number of aromatic nitrogens is 2. The SMILES string of the molecule is O=C(NCCCOC1CCCC1)c1cc(C(F)(F)F)[nH]n1. The van der Waals surface area contributed by atoms with Gasteiger partial charge in [0.2, 0.25) is 0 Å². The van der Waals surface area contributed by atoms with E-state index in [2.05, 4.69) is 10.4 Å². The summed E-state index contributed by atoms with van der Waals surface area (Å²) in [5, 5.41) is 7.68. The second-order valence-corrected chi connectivity index (χ2v) is 5.05. The summed E-state index contributed by atoms with van der Waals surface area (Å²) in [5.74, 6) is -0.623. The number of hydrogen-bond donors (Lipinski definition) is 2. The van der Waals surface area contributed by atoms with Crippen LogP contribution < -0.4 is 5.32 Å². The van der Waals surface area contributed by atoms with Crippen LogP contribution in [0.1, 0.15) is 48.3 Å². The first-order chi connectivity index (χ1) is 9.97. The maximum absolute atomic E-state index is 12.3. The van der Waals surface area contributed by atoms with Crippen molar-refractivity contribution in [2.24, 2.45) is 0 Å². The van der Waals surface area contributed by atoms with Gasteiger partial charge in [0.05, 0.1) is 6.10 Å². The molecule has 2 N–H and O–H groups in total. The Labute approximate surface area is 120 Å². The van der Waals surface area contributed by atoms with Crippen LogP contribution in [0.4, 0.5) is 13.2 Å². The molecule has 0 aromatic carbocycles. The van der Waals surface area contributed by atoms with Crippen molar-refractivity contribution < 1.29 is 22.7 Å². The average molecular weight is 305 g/mol. The highest BCUT2D eigenvalue weighted by Crippen LogP contribution is 2.27. The summed E-state index contributed by atoms with van der Waals surface area (Å²) in [4.78, 5) is 11.6. The summed E-state index contributed by atoms with van der Waals surface area (Å²) < 4.78 is 42.7. The van der Waals surface area contributed by atoms with Crippen molar-refractivity contribution in [3.63, 3.8) is 0 Å². The second-order valence-electron chi connectivity index (χ2n) is 5.05. The van der Waals surface area contributed by atoms with Gasteiger partial charge in [-0.15, -0.1) is 0 Å². The topological polar surface area (TPSA) is 67.0 Å². The largest absolute Gasteiger partial charge is 0.432 e. The van der Waals surface area contributed by atoms with E-state index in [1.807, 2.05) is 0 Å². The Kier molecular flexibility index (Phi) is 5.22. The lowest BCUT2D eigenvalue weighted by Gasteiger charge is -2.10. The lowest BCUT2D eigenvalue weighted by Crippen LogP contribution is -2.26. The van der Waals surface area contributed by atoms with Gasteiger partial charge in [0.1, 0.15) is 5.69 Å². The molecule has 0 aliphatic heterocycles. The van der Waals surface area contributed by atoms with Crippen LogP contribution in [0.2, 0.25) is 0 Å². The lowest BCUT2D eigenvalue weighted by atomic mass is 10.3. The zero-order valence-corrected chi connectivity index (χ0v) is 11.5. The Morgan fingerprint density at radius 2 is 2.14 bits per heavy atom. The number of carbonyl (C=O) groups is 1. The Bertz CT molecular complexity index is 467. The third-order valence-electron chi connectivity index (χ3n) is 3.38. The molecule has 5 nitrogen and oxygen atoms in total. The van der Waals surface area contributed by atoms with Crippen LogP contribution in [0.5, 0.6) is 0 Å². The van der Waals surface area contributed by atoms with Gasteiger partial charge in [0.25, 0.3) is 5.91 Å². The summed E-state index contributed by atoms with van der Waals surface area (Å²) in [6, 6.07) is 0.699. The summed E-state index contributed by atoms with van der Waals surface area (Å²) in [6.07, 6.45) is 0.977. The molecule has 0 radical (unpaired) electrons. The third kappa shape index (κ3) is 4.73. The Balaban J connectivity index is 1.66. The molecule has 1 aromatic heterocycles. The maximum atomic E-state index is 12.3. The van der Waals surface area contributed by atoms with Gasteiger partial charge in [-0.1, -0.05) is 12.8 Å². The van der Waals surface area contributed by atoms with Gasteiger partial charge in [-0.2, -0.15) is 18.3 Å². The molecule has 2 rings (SSSR count). The number of alkyl halides is 3. The summed E-state index contributed by atoms with van der Waals surface area (Å²) in [5.41, 5.74) is -1.30. The van der Waals surface area contributed by atoms with Gasteiger partial charge in [-0.25, -0.2) is 0 Å². The van der Waals surface area contributed by atoms with E-state index in [-0.39, 0.29) is 5.69 Å². The Hall–Kier alpha value is -1.57. The maximum Gasteiger partial charge on any atom is 0.432 e. The van der Waals surface area contributed by atoms with E-state index >= 15 is 0 Å². The van der Waals surface area contributed by atoms with Crippen molar-refractivity contribution in [2.45, 2.75) is 44.4 Å². The minimum Gasteiger partial charge on any atom is -0.378 e. The molecule has 1 aromatic rings. The molecule has 1 aliphatic rings. The highest BCUT2D eigenvalue weighted by Gasteiger charge is 2.33. The standard InChI is InChI=1S/C13H18F3N3O2/c14-13(15,16)11-8-10(18-19-11)12(20)17-6-3-7-21-9-4-1-2-5-9/h8-9H,1-7H2,(H,17,20)(H,18,19). The van der Waals surface area contributed by atoms with Gasteiger partial charge in [0, 0.05) is 19.2 Å². The Morgan fingerprint density at radius 3 is 2.76 bits per heavy atom. The van der Waals surface area contributed by atoms with Gasteiger partial charge in [-0.3, -0.25) is 9.89 Å². The van der Waals surface area contributed by atoms with Crippen LogP contribution in [0.3, 0.4) is 0 Å². The molecule has 0 saturated heterocycles. The van der Waals surface area contributed by atoms with E-state index in [0.29, 0.717) is 31.7 Å². The first-order valence-corrected chi connectivity index (χ1v) is 6.99. The number of ether oxygens (including phenoxy) is 1. The molecular weight excluding hydrogens is 287 g/mol. The number of nitrogens with one attached hydrogen (secondary N) is 2. The highest BCUT2D eigenvalue weighted by molar-refractivity contribution is 5.92. The molecule has 0 bridgehead atoms. The molecule has 1 fully saturated rings. The number of rotatable bonds is 6. The van der Waals surface area contributed by atoms with Crippen molar-refractivity contribution in [3.05, 3.63) is 17.5 Å². The molecular formula is C13H18F3N3O2. The predicted molar refractivity (Wildman–Crippen MR) is 68.7 cm³/mol. The average Bonchev–Trinajstić information content (AvgIpc) is 3.08. The predicted octanol–water partition coefficient (Wildman–Crippen LogP) is 2.51. The first-order valence-electron chi connectivity index (χ1n) is 6.99. The van der Waals surface area contributed by atoms with E-state index in [9.17, 15) is 18.0 Å². The summed E-state index contributed by atoms with van der Waals surface area (Å²) >= 11 is 0. The van der Waals surface area contributed by atoms with Gasteiger partial charge in [0.15, 0.2) is 5.69 Å². The minimum atomic E-state index is -4.53. The number of H-pyrrole nitrogens is 1. The molecule has 1 heterocycles. The molecule has 0 atom stereocenters. The number of aromatic amines is 1. The number of nitrogens with zero attached hydrogens (tertiary/aromatic N) is 1.